The normalized spacial score (nSPS) is 14.9. The molecule has 3 aromatic rings. The van der Waals surface area contributed by atoms with Gasteiger partial charge >= 0.3 is 0 Å². The van der Waals surface area contributed by atoms with Crippen LogP contribution in [0.4, 0.5) is 0 Å². The molecule has 0 saturated heterocycles. The number of rotatable bonds is 1. The number of furan rings is 1. The molecule has 2 aromatic heterocycles. The van der Waals surface area contributed by atoms with Crippen LogP contribution in [-0.4, -0.2) is 11.5 Å². The van der Waals surface area contributed by atoms with E-state index in [0.717, 1.165) is 41.1 Å². The average Bonchev–Trinajstić information content (AvgIpc) is 3.02. The van der Waals surface area contributed by atoms with Gasteiger partial charge in [0.25, 0.3) is 0 Å². The maximum atomic E-state index is 5.59. The zero-order valence-corrected chi connectivity index (χ0v) is 10.6. The minimum Gasteiger partial charge on any atom is -0.464 e. The Balaban J connectivity index is 1.89. The number of nitrogens with one attached hydrogen (secondary N) is 1. The Labute approximate surface area is 108 Å². The van der Waals surface area contributed by atoms with Gasteiger partial charge in [-0.25, -0.2) is 4.98 Å². The molecular weight excluding hydrogens is 244 g/mol. The number of para-hydroxylation sites is 1. The van der Waals surface area contributed by atoms with E-state index in [2.05, 4.69) is 11.4 Å². The predicted molar refractivity (Wildman–Crippen MR) is 72.7 cm³/mol. The Morgan fingerprint density at radius 1 is 1.28 bits per heavy atom. The van der Waals surface area contributed by atoms with Gasteiger partial charge in [0.05, 0.1) is 11.3 Å². The maximum absolute atomic E-state index is 5.59. The Bertz CT molecular complexity index is 690. The molecular formula is C14H12N2OS. The van der Waals surface area contributed by atoms with Crippen LogP contribution in [0.1, 0.15) is 10.6 Å². The second kappa shape index (κ2) is 3.93. The minimum absolute atomic E-state index is 0.929. The summed E-state index contributed by atoms with van der Waals surface area (Å²) in [4.78, 5) is 6.12. The molecule has 0 spiro atoms. The smallest absolute Gasteiger partial charge is 0.134 e. The monoisotopic (exact) mass is 256 g/mol. The van der Waals surface area contributed by atoms with E-state index in [1.165, 1.54) is 10.6 Å². The largest absolute Gasteiger partial charge is 0.464 e. The lowest BCUT2D eigenvalue weighted by Crippen LogP contribution is -2.22. The Morgan fingerprint density at radius 3 is 3.17 bits per heavy atom. The number of hydrogen-bond acceptors (Lipinski definition) is 4. The first kappa shape index (κ1) is 10.3. The third-order valence-electron chi connectivity index (χ3n) is 3.31. The fraction of sp³-hybridized carbons (Fsp3) is 0.214. The lowest BCUT2D eigenvalue weighted by molar-refractivity contribution is 0.617. The van der Waals surface area contributed by atoms with Crippen molar-refractivity contribution in [2.45, 2.75) is 13.0 Å². The second-order valence-electron chi connectivity index (χ2n) is 4.46. The molecule has 3 nitrogen and oxygen atoms in total. The van der Waals surface area contributed by atoms with E-state index >= 15 is 0 Å². The van der Waals surface area contributed by atoms with Crippen LogP contribution < -0.4 is 5.32 Å². The molecule has 3 heterocycles. The van der Waals surface area contributed by atoms with E-state index < -0.39 is 0 Å². The zero-order valence-electron chi connectivity index (χ0n) is 9.77. The number of fused-ring (bicyclic) bond motifs is 2. The average molecular weight is 256 g/mol. The standard InChI is InChI=1S/C14H12N2OS/c1-2-4-12-9(3-1)10(8-17-12)14-16-11-5-6-15-7-13(11)18-14/h1-4,8,15H,5-7H2. The maximum Gasteiger partial charge on any atom is 0.134 e. The van der Waals surface area contributed by atoms with Gasteiger partial charge < -0.3 is 9.73 Å². The Morgan fingerprint density at radius 2 is 2.22 bits per heavy atom. The van der Waals surface area contributed by atoms with Crippen LogP contribution in [-0.2, 0) is 13.0 Å². The fourth-order valence-corrected chi connectivity index (χ4v) is 3.48. The molecule has 0 amide bonds. The lowest BCUT2D eigenvalue weighted by Gasteiger charge is -2.09. The van der Waals surface area contributed by atoms with Crippen LogP contribution in [0.25, 0.3) is 21.5 Å². The first-order valence-electron chi connectivity index (χ1n) is 6.08. The van der Waals surface area contributed by atoms with E-state index in [1.54, 1.807) is 11.3 Å². The molecule has 0 aliphatic carbocycles. The summed E-state index contributed by atoms with van der Waals surface area (Å²) < 4.78 is 5.59. The van der Waals surface area contributed by atoms with E-state index in [0.29, 0.717) is 0 Å². The number of thiazole rings is 1. The van der Waals surface area contributed by atoms with E-state index in [-0.39, 0.29) is 0 Å². The predicted octanol–water partition coefficient (Wildman–Crippen LogP) is 3.20. The quantitative estimate of drug-likeness (QED) is 0.726. The summed E-state index contributed by atoms with van der Waals surface area (Å²) >= 11 is 1.77. The summed E-state index contributed by atoms with van der Waals surface area (Å²) in [6, 6.07) is 8.11. The topological polar surface area (TPSA) is 38.1 Å². The number of hydrogen-bond donors (Lipinski definition) is 1. The van der Waals surface area contributed by atoms with Gasteiger partial charge in [0, 0.05) is 29.8 Å². The third kappa shape index (κ3) is 1.50. The van der Waals surface area contributed by atoms with Crippen LogP contribution in [0, 0.1) is 0 Å². The molecule has 0 unspecified atom stereocenters. The third-order valence-corrected chi connectivity index (χ3v) is 4.44. The highest BCUT2D eigenvalue weighted by molar-refractivity contribution is 7.15. The molecule has 1 N–H and O–H groups in total. The molecule has 0 fully saturated rings. The van der Waals surface area contributed by atoms with Gasteiger partial charge in [-0.3, -0.25) is 0 Å². The summed E-state index contributed by atoms with van der Waals surface area (Å²) in [6.07, 6.45) is 2.85. The van der Waals surface area contributed by atoms with Gasteiger partial charge in [-0.2, -0.15) is 0 Å². The van der Waals surface area contributed by atoms with Crippen molar-refractivity contribution >= 4 is 22.3 Å². The van der Waals surface area contributed by atoms with Crippen molar-refractivity contribution in [1.82, 2.24) is 10.3 Å². The van der Waals surface area contributed by atoms with Crippen molar-refractivity contribution in [1.29, 1.82) is 0 Å². The summed E-state index contributed by atoms with van der Waals surface area (Å²) in [5, 5.41) is 5.61. The fourth-order valence-electron chi connectivity index (χ4n) is 2.38. The van der Waals surface area contributed by atoms with Crippen LogP contribution in [0.3, 0.4) is 0 Å². The molecule has 1 aromatic carbocycles. The first-order valence-corrected chi connectivity index (χ1v) is 6.89. The van der Waals surface area contributed by atoms with E-state index in [4.69, 9.17) is 9.40 Å². The molecule has 4 rings (SSSR count). The molecule has 0 saturated carbocycles. The van der Waals surface area contributed by atoms with Crippen molar-refractivity contribution < 1.29 is 4.42 Å². The van der Waals surface area contributed by atoms with Gasteiger partial charge in [0.1, 0.15) is 16.9 Å². The van der Waals surface area contributed by atoms with Crippen molar-refractivity contribution in [3.8, 4) is 10.6 Å². The SMILES string of the molecule is c1ccc2c(-c3nc4c(s3)CNCC4)coc2c1. The Hall–Kier alpha value is -1.65. The molecule has 0 atom stereocenters. The Kier molecular flexibility index (Phi) is 2.25. The molecule has 18 heavy (non-hydrogen) atoms. The zero-order chi connectivity index (χ0) is 11.9. The van der Waals surface area contributed by atoms with Crippen LogP contribution >= 0.6 is 11.3 Å². The van der Waals surface area contributed by atoms with E-state index in [9.17, 15) is 0 Å². The minimum atomic E-state index is 0.929. The molecule has 0 radical (unpaired) electrons. The van der Waals surface area contributed by atoms with Crippen LogP contribution in [0.2, 0.25) is 0 Å². The highest BCUT2D eigenvalue weighted by Gasteiger charge is 2.17. The molecule has 90 valence electrons. The lowest BCUT2D eigenvalue weighted by atomic mass is 10.2. The number of benzene rings is 1. The van der Waals surface area contributed by atoms with Gasteiger partial charge in [0.15, 0.2) is 0 Å². The van der Waals surface area contributed by atoms with Gasteiger partial charge in [-0.05, 0) is 6.07 Å². The highest BCUT2D eigenvalue weighted by Crippen LogP contribution is 2.35. The van der Waals surface area contributed by atoms with Crippen LogP contribution in [0.15, 0.2) is 34.9 Å². The summed E-state index contributed by atoms with van der Waals surface area (Å²) in [5.74, 6) is 0. The molecule has 1 aliphatic heterocycles. The first-order chi connectivity index (χ1) is 8.92. The summed E-state index contributed by atoms with van der Waals surface area (Å²) in [7, 11) is 0. The van der Waals surface area contributed by atoms with Crippen molar-refractivity contribution in [2.75, 3.05) is 6.54 Å². The molecule has 1 aliphatic rings. The summed E-state index contributed by atoms with van der Waals surface area (Å²) in [5.41, 5.74) is 3.29. The number of aromatic nitrogens is 1. The highest BCUT2D eigenvalue weighted by atomic mass is 32.1. The van der Waals surface area contributed by atoms with Gasteiger partial charge in [-0.1, -0.05) is 18.2 Å². The van der Waals surface area contributed by atoms with Crippen LogP contribution in [0.5, 0.6) is 0 Å². The van der Waals surface area contributed by atoms with Gasteiger partial charge in [-0.15, -0.1) is 11.3 Å². The number of nitrogens with zero attached hydrogens (tertiary/aromatic N) is 1. The summed E-state index contributed by atoms with van der Waals surface area (Å²) in [6.45, 7) is 1.98. The van der Waals surface area contributed by atoms with E-state index in [1.807, 2.05) is 24.5 Å². The van der Waals surface area contributed by atoms with Crippen molar-refractivity contribution in [3.05, 3.63) is 41.1 Å². The second-order valence-corrected chi connectivity index (χ2v) is 5.54. The molecule has 0 bridgehead atoms. The van der Waals surface area contributed by atoms with Crippen molar-refractivity contribution in [2.24, 2.45) is 0 Å². The van der Waals surface area contributed by atoms with Crippen molar-refractivity contribution in [3.63, 3.8) is 0 Å². The van der Waals surface area contributed by atoms with Gasteiger partial charge in [0.2, 0.25) is 0 Å². The molecule has 4 heteroatoms.